The van der Waals surface area contributed by atoms with Crippen molar-refractivity contribution in [3.8, 4) is 0 Å². The molecular formula is C9H5NO4. The maximum atomic E-state index is 10.6. The van der Waals surface area contributed by atoms with Crippen molar-refractivity contribution in [1.82, 2.24) is 0 Å². The Hall–Kier alpha value is -2.17. The minimum atomic E-state index is -0.541. The summed E-state index contributed by atoms with van der Waals surface area (Å²) in [7, 11) is 0. The van der Waals surface area contributed by atoms with Gasteiger partial charge < -0.3 is 4.42 Å². The first-order valence-electron chi connectivity index (χ1n) is 3.84. The minimum absolute atomic E-state index is 0.0919. The average Bonchev–Trinajstić information content (AvgIpc) is 2.59. The van der Waals surface area contributed by atoms with E-state index in [4.69, 9.17) is 4.42 Å². The van der Waals surface area contributed by atoms with E-state index in [1.165, 1.54) is 12.1 Å². The first kappa shape index (κ1) is 8.43. The van der Waals surface area contributed by atoms with E-state index in [9.17, 15) is 14.9 Å². The number of para-hydroxylation sites is 1. The minimum Gasteiger partial charge on any atom is -0.446 e. The van der Waals surface area contributed by atoms with Gasteiger partial charge in [0.2, 0.25) is 5.58 Å². The normalized spacial score (nSPS) is 10.3. The van der Waals surface area contributed by atoms with E-state index in [-0.39, 0.29) is 17.0 Å². The molecule has 0 unspecified atom stereocenters. The number of non-ortho nitro benzene ring substituents is 1. The van der Waals surface area contributed by atoms with Crippen LogP contribution in [0.1, 0.15) is 10.6 Å². The van der Waals surface area contributed by atoms with Crippen LogP contribution >= 0.6 is 0 Å². The molecule has 0 fully saturated rings. The van der Waals surface area contributed by atoms with Gasteiger partial charge in [-0.15, -0.1) is 0 Å². The number of carbonyl (C=O) groups excluding carboxylic acids is 1. The molecule has 0 aliphatic rings. The van der Waals surface area contributed by atoms with Crippen LogP contribution in [0.3, 0.4) is 0 Å². The van der Waals surface area contributed by atoms with Crippen molar-refractivity contribution < 1.29 is 14.1 Å². The van der Waals surface area contributed by atoms with Gasteiger partial charge >= 0.3 is 5.69 Å². The van der Waals surface area contributed by atoms with Crippen molar-refractivity contribution in [2.45, 2.75) is 0 Å². The summed E-state index contributed by atoms with van der Waals surface area (Å²) < 4.78 is 5.00. The van der Waals surface area contributed by atoms with Gasteiger partial charge in [-0.3, -0.25) is 14.9 Å². The molecule has 0 aliphatic heterocycles. The van der Waals surface area contributed by atoms with Gasteiger partial charge in [0.05, 0.1) is 4.92 Å². The number of aldehydes is 1. The number of nitro groups is 1. The molecule has 14 heavy (non-hydrogen) atoms. The Morgan fingerprint density at radius 3 is 2.86 bits per heavy atom. The molecule has 2 aromatic rings. The number of fused-ring (bicyclic) bond motifs is 1. The summed E-state index contributed by atoms with van der Waals surface area (Å²) in [6.07, 6.45) is 0.518. The lowest BCUT2D eigenvalue weighted by molar-refractivity contribution is -0.383. The molecule has 0 radical (unpaired) electrons. The summed E-state index contributed by atoms with van der Waals surface area (Å²) in [6.45, 7) is 0. The number of benzene rings is 1. The molecule has 0 aliphatic carbocycles. The van der Waals surface area contributed by atoms with Gasteiger partial charge in [0, 0.05) is 11.5 Å². The lowest BCUT2D eigenvalue weighted by Gasteiger charge is -1.90. The standard InChI is InChI=1S/C9H5NO4/c11-5-7-4-6-2-1-3-8(10(12)13)9(6)14-7/h1-5H. The second-order valence-electron chi connectivity index (χ2n) is 2.72. The van der Waals surface area contributed by atoms with Gasteiger partial charge in [-0.1, -0.05) is 12.1 Å². The van der Waals surface area contributed by atoms with Crippen molar-refractivity contribution >= 4 is 22.9 Å². The summed E-state index contributed by atoms with van der Waals surface area (Å²) in [5.41, 5.74) is 0.00944. The monoisotopic (exact) mass is 191 g/mol. The Bertz CT molecular complexity index is 515. The third-order valence-corrected chi connectivity index (χ3v) is 1.86. The van der Waals surface area contributed by atoms with E-state index in [1.807, 2.05) is 0 Å². The molecule has 0 saturated carbocycles. The fourth-order valence-corrected chi connectivity index (χ4v) is 1.27. The Morgan fingerprint density at radius 1 is 1.43 bits per heavy atom. The van der Waals surface area contributed by atoms with E-state index >= 15 is 0 Å². The molecule has 5 heteroatoms. The summed E-state index contributed by atoms with van der Waals surface area (Å²) in [6, 6.07) is 6.00. The average molecular weight is 191 g/mol. The highest BCUT2D eigenvalue weighted by Crippen LogP contribution is 2.27. The maximum Gasteiger partial charge on any atom is 0.312 e. The van der Waals surface area contributed by atoms with Crippen molar-refractivity contribution in [3.05, 3.63) is 40.1 Å². The van der Waals surface area contributed by atoms with Gasteiger partial charge in [0.15, 0.2) is 12.0 Å². The summed E-state index contributed by atoms with van der Waals surface area (Å²) in [5, 5.41) is 11.1. The van der Waals surface area contributed by atoms with E-state index in [1.54, 1.807) is 12.1 Å². The molecular weight excluding hydrogens is 186 g/mol. The number of rotatable bonds is 2. The van der Waals surface area contributed by atoms with Gasteiger partial charge in [-0.25, -0.2) is 0 Å². The first-order valence-corrected chi connectivity index (χ1v) is 3.84. The Morgan fingerprint density at radius 2 is 2.21 bits per heavy atom. The predicted molar refractivity (Wildman–Crippen MR) is 48.3 cm³/mol. The number of nitrogens with zero attached hydrogens (tertiary/aromatic N) is 1. The quantitative estimate of drug-likeness (QED) is 0.414. The second kappa shape index (κ2) is 2.95. The predicted octanol–water partition coefficient (Wildman–Crippen LogP) is 2.15. The number of carbonyl (C=O) groups is 1. The molecule has 1 aromatic heterocycles. The van der Waals surface area contributed by atoms with Crippen molar-refractivity contribution in [2.24, 2.45) is 0 Å². The number of nitro benzene ring substituents is 1. The van der Waals surface area contributed by atoms with Gasteiger partial charge in [-0.2, -0.15) is 0 Å². The van der Waals surface area contributed by atoms with Crippen LogP contribution in [-0.4, -0.2) is 11.2 Å². The molecule has 0 bridgehead atoms. The van der Waals surface area contributed by atoms with Gasteiger partial charge in [0.1, 0.15) is 0 Å². The molecule has 70 valence electrons. The van der Waals surface area contributed by atoms with Crippen LogP contribution in [0, 0.1) is 10.1 Å². The molecule has 0 spiro atoms. The SMILES string of the molecule is O=Cc1cc2cccc([N+](=O)[O-])c2o1. The van der Waals surface area contributed by atoms with E-state index in [2.05, 4.69) is 0 Å². The third kappa shape index (κ3) is 1.15. The highest BCUT2D eigenvalue weighted by Gasteiger charge is 2.15. The van der Waals surface area contributed by atoms with Crippen molar-refractivity contribution in [1.29, 1.82) is 0 Å². The smallest absolute Gasteiger partial charge is 0.312 e. The topological polar surface area (TPSA) is 73.3 Å². The zero-order valence-corrected chi connectivity index (χ0v) is 6.97. The molecule has 5 nitrogen and oxygen atoms in total. The van der Waals surface area contributed by atoms with E-state index in [0.29, 0.717) is 11.7 Å². The molecule has 0 saturated heterocycles. The largest absolute Gasteiger partial charge is 0.446 e. The summed E-state index contributed by atoms with van der Waals surface area (Å²) in [5.74, 6) is 0.0919. The van der Waals surface area contributed by atoms with Crippen LogP contribution in [0.2, 0.25) is 0 Å². The molecule has 0 N–H and O–H groups in total. The van der Waals surface area contributed by atoms with E-state index < -0.39 is 4.92 Å². The highest BCUT2D eigenvalue weighted by molar-refractivity contribution is 5.90. The zero-order valence-electron chi connectivity index (χ0n) is 6.97. The Balaban J connectivity index is 2.79. The Labute approximate surface area is 78.1 Å². The number of furan rings is 1. The number of hydrogen-bond acceptors (Lipinski definition) is 4. The van der Waals surface area contributed by atoms with Crippen molar-refractivity contribution in [3.63, 3.8) is 0 Å². The molecule has 2 rings (SSSR count). The van der Waals surface area contributed by atoms with Crippen molar-refractivity contribution in [2.75, 3.05) is 0 Å². The summed E-state index contributed by atoms with van der Waals surface area (Å²) in [4.78, 5) is 20.4. The lowest BCUT2D eigenvalue weighted by Crippen LogP contribution is -1.86. The van der Waals surface area contributed by atoms with Gasteiger partial charge in [0.25, 0.3) is 0 Å². The van der Waals surface area contributed by atoms with Crippen LogP contribution in [0.25, 0.3) is 11.0 Å². The Kier molecular flexibility index (Phi) is 1.78. The molecule has 0 amide bonds. The summed E-state index contributed by atoms with van der Waals surface area (Å²) >= 11 is 0. The fraction of sp³-hybridized carbons (Fsp3) is 0. The zero-order chi connectivity index (χ0) is 10.1. The molecule has 1 aromatic carbocycles. The second-order valence-corrected chi connectivity index (χ2v) is 2.72. The van der Waals surface area contributed by atoms with Gasteiger partial charge in [-0.05, 0) is 6.07 Å². The maximum absolute atomic E-state index is 10.6. The van der Waals surface area contributed by atoms with Crippen LogP contribution in [0.4, 0.5) is 5.69 Å². The lowest BCUT2D eigenvalue weighted by atomic mass is 10.2. The van der Waals surface area contributed by atoms with E-state index in [0.717, 1.165) is 0 Å². The number of hydrogen-bond donors (Lipinski definition) is 0. The van der Waals surface area contributed by atoms with Crippen LogP contribution < -0.4 is 0 Å². The van der Waals surface area contributed by atoms with Crippen LogP contribution in [0.15, 0.2) is 28.7 Å². The first-order chi connectivity index (χ1) is 6.72. The highest BCUT2D eigenvalue weighted by atomic mass is 16.6. The fourth-order valence-electron chi connectivity index (χ4n) is 1.27. The van der Waals surface area contributed by atoms with Crippen LogP contribution in [-0.2, 0) is 0 Å². The third-order valence-electron chi connectivity index (χ3n) is 1.86. The van der Waals surface area contributed by atoms with Crippen LogP contribution in [0.5, 0.6) is 0 Å². The molecule has 0 atom stereocenters. The molecule has 1 heterocycles.